The summed E-state index contributed by atoms with van der Waals surface area (Å²) in [6.07, 6.45) is 3.80. The van der Waals surface area contributed by atoms with Crippen LogP contribution in [0.4, 0.5) is 10.1 Å². The molecular formula is C15H11ClFN3O. The van der Waals surface area contributed by atoms with Crippen molar-refractivity contribution in [3.63, 3.8) is 0 Å². The van der Waals surface area contributed by atoms with Gasteiger partial charge in [0.05, 0.1) is 17.1 Å². The molecule has 2 aromatic heterocycles. The van der Waals surface area contributed by atoms with Gasteiger partial charge < -0.3 is 9.72 Å². The van der Waals surface area contributed by atoms with Gasteiger partial charge >= 0.3 is 0 Å². The molecule has 0 radical (unpaired) electrons. The van der Waals surface area contributed by atoms with Crippen LogP contribution in [0.2, 0.25) is 5.02 Å². The van der Waals surface area contributed by atoms with Crippen molar-refractivity contribution in [3.8, 4) is 0 Å². The lowest BCUT2D eigenvalue weighted by Crippen LogP contribution is -2.14. The van der Waals surface area contributed by atoms with E-state index in [1.54, 1.807) is 6.20 Å². The molecule has 0 aliphatic rings. The first kappa shape index (κ1) is 13.6. The molecule has 0 unspecified atom stereocenters. The number of pyridine rings is 1. The molecule has 0 aliphatic heterocycles. The molecule has 1 amide bonds. The fourth-order valence-corrected chi connectivity index (χ4v) is 2.20. The molecule has 0 bridgehead atoms. The second-order valence-electron chi connectivity index (χ2n) is 4.55. The molecule has 3 aromatic rings. The lowest BCUT2D eigenvalue weighted by atomic mass is 10.2. The Hall–Kier alpha value is -2.40. The quantitative estimate of drug-likeness (QED) is 0.807. The van der Waals surface area contributed by atoms with Gasteiger partial charge in [-0.2, -0.15) is 0 Å². The maximum atomic E-state index is 13.0. The number of imidazole rings is 1. The number of nitrogens with one attached hydrogen (secondary N) is 1. The zero-order valence-corrected chi connectivity index (χ0v) is 11.6. The molecule has 0 saturated carbocycles. The van der Waals surface area contributed by atoms with Crippen molar-refractivity contribution in [2.75, 3.05) is 5.32 Å². The third kappa shape index (κ3) is 3.03. The van der Waals surface area contributed by atoms with Crippen molar-refractivity contribution in [2.24, 2.45) is 0 Å². The largest absolute Gasteiger partial charge is 0.326 e. The van der Waals surface area contributed by atoms with Crippen LogP contribution in [0.3, 0.4) is 0 Å². The van der Waals surface area contributed by atoms with E-state index in [2.05, 4.69) is 10.3 Å². The number of benzene rings is 1. The molecule has 0 atom stereocenters. The number of anilines is 1. The number of amides is 1. The highest BCUT2D eigenvalue weighted by Crippen LogP contribution is 2.19. The van der Waals surface area contributed by atoms with Gasteiger partial charge in [-0.3, -0.25) is 4.79 Å². The molecule has 0 spiro atoms. The minimum absolute atomic E-state index is 0.0273. The standard InChI is InChI=1S/C15H11ClFN3O/c16-12-7-10(4-5-13(12)17)19-15(21)8-11-9-20-6-2-1-3-14(20)18-11/h1-7,9H,8H2,(H,19,21). The van der Waals surface area contributed by atoms with Crippen LogP contribution in [0.15, 0.2) is 48.8 Å². The van der Waals surface area contributed by atoms with Crippen LogP contribution in [0.1, 0.15) is 5.69 Å². The Morgan fingerprint density at radius 1 is 1.33 bits per heavy atom. The first-order chi connectivity index (χ1) is 10.1. The van der Waals surface area contributed by atoms with Crippen LogP contribution in [-0.4, -0.2) is 15.3 Å². The van der Waals surface area contributed by atoms with Gasteiger partial charge in [-0.15, -0.1) is 0 Å². The molecule has 0 aliphatic carbocycles. The Balaban J connectivity index is 1.72. The Kier molecular flexibility index (Phi) is 3.58. The summed E-state index contributed by atoms with van der Waals surface area (Å²) >= 11 is 5.67. The maximum Gasteiger partial charge on any atom is 0.230 e. The van der Waals surface area contributed by atoms with Gasteiger partial charge in [-0.05, 0) is 30.3 Å². The average molecular weight is 304 g/mol. The van der Waals surface area contributed by atoms with Crippen molar-refractivity contribution < 1.29 is 9.18 Å². The minimum Gasteiger partial charge on any atom is -0.326 e. The molecule has 3 rings (SSSR count). The van der Waals surface area contributed by atoms with Gasteiger partial charge in [0.15, 0.2) is 0 Å². The van der Waals surface area contributed by atoms with Gasteiger partial charge in [0, 0.05) is 18.1 Å². The molecule has 2 heterocycles. The van der Waals surface area contributed by atoms with Crippen LogP contribution in [0.25, 0.3) is 5.65 Å². The van der Waals surface area contributed by atoms with E-state index in [0.29, 0.717) is 11.4 Å². The number of aromatic nitrogens is 2. The molecule has 4 nitrogen and oxygen atoms in total. The Bertz CT molecular complexity index is 783. The number of hydrogen-bond acceptors (Lipinski definition) is 2. The lowest BCUT2D eigenvalue weighted by Gasteiger charge is -2.04. The summed E-state index contributed by atoms with van der Waals surface area (Å²) in [4.78, 5) is 16.3. The number of halogens is 2. The van der Waals surface area contributed by atoms with Crippen LogP contribution in [-0.2, 0) is 11.2 Å². The third-order valence-electron chi connectivity index (χ3n) is 2.96. The van der Waals surface area contributed by atoms with Crippen molar-refractivity contribution in [3.05, 3.63) is 65.3 Å². The Morgan fingerprint density at radius 3 is 2.95 bits per heavy atom. The monoisotopic (exact) mass is 303 g/mol. The SMILES string of the molecule is O=C(Cc1cn2ccccc2n1)Nc1ccc(F)c(Cl)c1. The van der Waals surface area contributed by atoms with E-state index in [4.69, 9.17) is 11.6 Å². The normalized spacial score (nSPS) is 10.8. The van der Waals surface area contributed by atoms with E-state index in [0.717, 1.165) is 5.65 Å². The van der Waals surface area contributed by atoms with Gasteiger partial charge in [-0.25, -0.2) is 9.37 Å². The van der Waals surface area contributed by atoms with Gasteiger partial charge in [0.2, 0.25) is 5.91 Å². The molecular weight excluding hydrogens is 293 g/mol. The van der Waals surface area contributed by atoms with Crippen LogP contribution in [0.5, 0.6) is 0 Å². The summed E-state index contributed by atoms with van der Waals surface area (Å²) in [6, 6.07) is 9.68. The topological polar surface area (TPSA) is 46.4 Å². The number of hydrogen-bond donors (Lipinski definition) is 1. The van der Waals surface area contributed by atoms with Crippen molar-refractivity contribution in [2.45, 2.75) is 6.42 Å². The predicted octanol–water partition coefficient (Wildman–Crippen LogP) is 3.31. The first-order valence-electron chi connectivity index (χ1n) is 6.29. The number of carbonyl (C=O) groups is 1. The summed E-state index contributed by atoms with van der Waals surface area (Å²) in [5.74, 6) is -0.754. The molecule has 1 aromatic carbocycles. The Labute approximate surface area is 125 Å². The summed E-state index contributed by atoms with van der Waals surface area (Å²) in [6.45, 7) is 0. The number of rotatable bonds is 3. The highest BCUT2D eigenvalue weighted by Gasteiger charge is 2.09. The second-order valence-corrected chi connectivity index (χ2v) is 4.96. The van der Waals surface area contributed by atoms with Crippen molar-refractivity contribution in [1.82, 2.24) is 9.38 Å². The molecule has 6 heteroatoms. The van der Waals surface area contributed by atoms with E-state index in [1.807, 2.05) is 28.8 Å². The van der Waals surface area contributed by atoms with Crippen LogP contribution >= 0.6 is 11.6 Å². The van der Waals surface area contributed by atoms with Crippen molar-refractivity contribution in [1.29, 1.82) is 0 Å². The summed E-state index contributed by atoms with van der Waals surface area (Å²) in [7, 11) is 0. The molecule has 0 fully saturated rings. The fourth-order valence-electron chi connectivity index (χ4n) is 2.02. The smallest absolute Gasteiger partial charge is 0.230 e. The third-order valence-corrected chi connectivity index (χ3v) is 3.25. The second kappa shape index (κ2) is 5.54. The fraction of sp³-hybridized carbons (Fsp3) is 0.0667. The molecule has 106 valence electrons. The Morgan fingerprint density at radius 2 is 2.19 bits per heavy atom. The maximum absolute atomic E-state index is 13.0. The highest BCUT2D eigenvalue weighted by atomic mass is 35.5. The zero-order valence-electron chi connectivity index (χ0n) is 10.9. The first-order valence-corrected chi connectivity index (χ1v) is 6.67. The highest BCUT2D eigenvalue weighted by molar-refractivity contribution is 6.31. The predicted molar refractivity (Wildman–Crippen MR) is 78.9 cm³/mol. The van der Waals surface area contributed by atoms with E-state index >= 15 is 0 Å². The van der Waals surface area contributed by atoms with Crippen LogP contribution < -0.4 is 5.32 Å². The minimum atomic E-state index is -0.519. The lowest BCUT2D eigenvalue weighted by molar-refractivity contribution is -0.115. The van der Waals surface area contributed by atoms with E-state index in [-0.39, 0.29) is 17.4 Å². The van der Waals surface area contributed by atoms with Gasteiger partial charge in [0.1, 0.15) is 11.5 Å². The molecule has 21 heavy (non-hydrogen) atoms. The summed E-state index contributed by atoms with van der Waals surface area (Å²) < 4.78 is 14.9. The van der Waals surface area contributed by atoms with Crippen LogP contribution in [0, 0.1) is 5.82 Å². The summed E-state index contributed by atoms with van der Waals surface area (Å²) in [5.41, 5.74) is 1.90. The van der Waals surface area contributed by atoms with E-state index in [9.17, 15) is 9.18 Å². The average Bonchev–Trinajstić information content (AvgIpc) is 2.84. The summed E-state index contributed by atoms with van der Waals surface area (Å²) in [5, 5.41) is 2.64. The molecule has 1 N–H and O–H groups in total. The zero-order chi connectivity index (χ0) is 14.8. The number of carbonyl (C=O) groups excluding carboxylic acids is 1. The number of fused-ring (bicyclic) bond motifs is 1. The number of nitrogens with zero attached hydrogens (tertiary/aromatic N) is 2. The van der Waals surface area contributed by atoms with Gasteiger partial charge in [-0.1, -0.05) is 17.7 Å². The van der Waals surface area contributed by atoms with E-state index in [1.165, 1.54) is 18.2 Å². The van der Waals surface area contributed by atoms with E-state index < -0.39 is 5.82 Å². The van der Waals surface area contributed by atoms with Crippen molar-refractivity contribution >= 4 is 28.8 Å². The molecule has 0 saturated heterocycles. The van der Waals surface area contributed by atoms with Gasteiger partial charge in [0.25, 0.3) is 0 Å².